The van der Waals surface area contributed by atoms with Crippen LogP contribution in [0.25, 0.3) is 0 Å². The zero-order chi connectivity index (χ0) is 13.9. The molecule has 0 aliphatic carbocycles. The highest BCUT2D eigenvalue weighted by atomic mass is 32.2. The van der Waals surface area contributed by atoms with Crippen molar-refractivity contribution in [2.75, 3.05) is 26.3 Å². The third-order valence-corrected chi connectivity index (χ3v) is 5.03. The van der Waals surface area contributed by atoms with Crippen LogP contribution in [-0.2, 0) is 25.1 Å². The molecule has 1 saturated heterocycles. The minimum atomic E-state index is -1.77. The highest BCUT2D eigenvalue weighted by Gasteiger charge is 2.41. The average Bonchev–Trinajstić information content (AvgIpc) is 2.36. The van der Waals surface area contributed by atoms with Crippen molar-refractivity contribution in [1.82, 2.24) is 4.90 Å². The second kappa shape index (κ2) is 5.79. The molecule has 7 heteroatoms. The van der Waals surface area contributed by atoms with E-state index >= 15 is 0 Å². The summed E-state index contributed by atoms with van der Waals surface area (Å²) in [6.45, 7) is 6.12. The topological polar surface area (TPSA) is 83.9 Å². The van der Waals surface area contributed by atoms with Gasteiger partial charge < -0.3 is 14.7 Å². The van der Waals surface area contributed by atoms with Gasteiger partial charge in [-0.25, -0.2) is 0 Å². The van der Waals surface area contributed by atoms with Crippen LogP contribution in [0.2, 0.25) is 0 Å². The first kappa shape index (κ1) is 15.1. The fourth-order valence-electron chi connectivity index (χ4n) is 1.66. The van der Waals surface area contributed by atoms with Crippen LogP contribution in [0.3, 0.4) is 0 Å². The van der Waals surface area contributed by atoms with Gasteiger partial charge in [-0.15, -0.1) is 0 Å². The normalized spacial score (nSPS) is 20.3. The second-order valence-electron chi connectivity index (χ2n) is 4.69. The molecule has 6 nitrogen and oxygen atoms in total. The molecule has 1 fully saturated rings. The smallest absolute Gasteiger partial charge is 0.321 e. The Morgan fingerprint density at radius 3 is 2.28 bits per heavy atom. The summed E-state index contributed by atoms with van der Waals surface area (Å²) in [5.74, 6) is -1.44. The van der Waals surface area contributed by atoms with E-state index in [0.717, 1.165) is 0 Å². The highest BCUT2D eigenvalue weighted by Crippen LogP contribution is 2.19. The summed E-state index contributed by atoms with van der Waals surface area (Å²) in [7, 11) is -1.77. The fourth-order valence-corrected chi connectivity index (χ4v) is 3.05. The predicted octanol–water partition coefficient (Wildman–Crippen LogP) is -0.154. The maximum atomic E-state index is 12.1. The number of nitrogens with zero attached hydrogens (tertiary/aromatic N) is 1. The van der Waals surface area contributed by atoms with Crippen molar-refractivity contribution in [1.29, 1.82) is 0 Å². The summed E-state index contributed by atoms with van der Waals surface area (Å²) in [5.41, 5.74) is 0. The number of carboxylic acids is 1. The summed E-state index contributed by atoms with van der Waals surface area (Å²) >= 11 is 0. The van der Waals surface area contributed by atoms with Crippen molar-refractivity contribution in [2.45, 2.75) is 30.8 Å². The van der Waals surface area contributed by atoms with Crippen molar-refractivity contribution in [3.05, 3.63) is 0 Å². The lowest BCUT2D eigenvalue weighted by atomic mass is 10.2. The molecule has 0 aromatic heterocycles. The summed E-state index contributed by atoms with van der Waals surface area (Å²) in [6.07, 6.45) is 0. The van der Waals surface area contributed by atoms with Crippen LogP contribution in [-0.4, -0.2) is 62.4 Å². The number of hydrogen-bond donors (Lipinski definition) is 1. The number of aliphatic carboxylic acids is 1. The Labute approximate surface area is 109 Å². The molecular formula is C11H19NO5S. The standard InChI is InChI=1S/C11H19NO5S/c1-8(18(16)11(2,3)10(14)15)9(13)12-4-6-17-7-5-12/h8H,4-7H2,1-3H3,(H,14,15). The van der Waals surface area contributed by atoms with Crippen LogP contribution >= 0.6 is 0 Å². The SMILES string of the molecule is CC(C(=O)N1CCOCC1)S(=O)C(C)(C)C(=O)O. The number of carboxylic acid groups (broad SMARTS) is 1. The molecule has 2 atom stereocenters. The van der Waals surface area contributed by atoms with E-state index in [0.29, 0.717) is 26.3 Å². The second-order valence-corrected chi connectivity index (χ2v) is 7.02. The Balaban J connectivity index is 2.74. The summed E-state index contributed by atoms with van der Waals surface area (Å²) in [4.78, 5) is 24.7. The van der Waals surface area contributed by atoms with E-state index in [9.17, 15) is 13.8 Å². The lowest BCUT2D eigenvalue weighted by Gasteiger charge is -2.31. The van der Waals surface area contributed by atoms with Gasteiger partial charge in [0.2, 0.25) is 5.91 Å². The number of carbonyl (C=O) groups is 2. The number of amides is 1. The number of ether oxygens (including phenoxy) is 1. The van der Waals surface area contributed by atoms with Gasteiger partial charge in [-0.2, -0.15) is 0 Å². The lowest BCUT2D eigenvalue weighted by molar-refractivity contribution is -0.139. The van der Waals surface area contributed by atoms with Gasteiger partial charge in [0.15, 0.2) is 0 Å². The third-order valence-electron chi connectivity index (χ3n) is 3.01. The maximum absolute atomic E-state index is 12.1. The van der Waals surface area contributed by atoms with E-state index in [4.69, 9.17) is 9.84 Å². The van der Waals surface area contributed by atoms with Crippen LogP contribution in [0.5, 0.6) is 0 Å². The summed E-state index contributed by atoms with van der Waals surface area (Å²) in [5, 5.41) is 8.19. The van der Waals surface area contributed by atoms with Gasteiger partial charge in [0.25, 0.3) is 0 Å². The van der Waals surface area contributed by atoms with Gasteiger partial charge in [0.05, 0.1) is 24.0 Å². The zero-order valence-electron chi connectivity index (χ0n) is 10.8. The Hall–Kier alpha value is -0.950. The number of rotatable bonds is 4. The monoisotopic (exact) mass is 277 g/mol. The van der Waals surface area contributed by atoms with E-state index in [1.807, 2.05) is 0 Å². The molecule has 0 radical (unpaired) electrons. The van der Waals surface area contributed by atoms with E-state index in [1.165, 1.54) is 20.8 Å². The molecule has 0 aromatic carbocycles. The van der Waals surface area contributed by atoms with Gasteiger partial charge in [-0.05, 0) is 20.8 Å². The molecule has 0 bridgehead atoms. The maximum Gasteiger partial charge on any atom is 0.321 e. The zero-order valence-corrected chi connectivity index (χ0v) is 11.7. The molecule has 1 amide bonds. The van der Waals surface area contributed by atoms with Crippen LogP contribution in [0, 0.1) is 0 Å². The van der Waals surface area contributed by atoms with Crippen LogP contribution in [0.15, 0.2) is 0 Å². The average molecular weight is 277 g/mol. The quantitative estimate of drug-likeness (QED) is 0.772. The Bertz CT molecular complexity index is 362. The lowest BCUT2D eigenvalue weighted by Crippen LogP contribution is -2.50. The molecule has 2 unspecified atom stereocenters. The van der Waals surface area contributed by atoms with E-state index in [-0.39, 0.29) is 5.91 Å². The molecule has 1 rings (SSSR count). The molecular weight excluding hydrogens is 258 g/mol. The Morgan fingerprint density at radius 1 is 1.33 bits per heavy atom. The van der Waals surface area contributed by atoms with Crippen LogP contribution in [0.4, 0.5) is 0 Å². The first-order chi connectivity index (χ1) is 8.28. The van der Waals surface area contributed by atoms with Gasteiger partial charge >= 0.3 is 5.97 Å². The fraction of sp³-hybridized carbons (Fsp3) is 0.818. The Kier molecular flexibility index (Phi) is 4.86. The van der Waals surface area contributed by atoms with Crippen molar-refractivity contribution in [3.63, 3.8) is 0 Å². The molecule has 1 aliphatic heterocycles. The minimum absolute atomic E-state index is 0.272. The van der Waals surface area contributed by atoms with Gasteiger partial charge in [-0.3, -0.25) is 13.8 Å². The van der Waals surface area contributed by atoms with Crippen molar-refractivity contribution < 1.29 is 23.6 Å². The summed E-state index contributed by atoms with van der Waals surface area (Å²) < 4.78 is 15.8. The molecule has 18 heavy (non-hydrogen) atoms. The van der Waals surface area contributed by atoms with Crippen LogP contribution in [0.1, 0.15) is 20.8 Å². The Morgan fingerprint density at radius 2 is 1.83 bits per heavy atom. The first-order valence-corrected chi connectivity index (χ1v) is 7.00. The molecule has 0 saturated carbocycles. The van der Waals surface area contributed by atoms with Crippen molar-refractivity contribution in [2.24, 2.45) is 0 Å². The van der Waals surface area contributed by atoms with E-state index in [1.54, 1.807) is 4.90 Å². The molecule has 0 spiro atoms. The van der Waals surface area contributed by atoms with Crippen molar-refractivity contribution in [3.8, 4) is 0 Å². The van der Waals surface area contributed by atoms with Gasteiger partial charge in [-0.1, -0.05) is 0 Å². The number of morpholine rings is 1. The molecule has 1 aliphatic rings. The number of carbonyl (C=O) groups excluding carboxylic acids is 1. The molecule has 1 N–H and O–H groups in total. The van der Waals surface area contributed by atoms with Gasteiger partial charge in [0, 0.05) is 13.1 Å². The molecule has 0 aromatic rings. The molecule has 1 heterocycles. The van der Waals surface area contributed by atoms with E-state index in [2.05, 4.69) is 0 Å². The summed E-state index contributed by atoms with van der Waals surface area (Å²) in [6, 6.07) is 0. The van der Waals surface area contributed by atoms with Gasteiger partial charge in [0.1, 0.15) is 10.00 Å². The molecule has 104 valence electrons. The van der Waals surface area contributed by atoms with E-state index < -0.39 is 26.8 Å². The first-order valence-electron chi connectivity index (χ1n) is 5.79. The van der Waals surface area contributed by atoms with Crippen molar-refractivity contribution >= 4 is 22.7 Å². The number of hydrogen-bond acceptors (Lipinski definition) is 4. The van der Waals surface area contributed by atoms with Crippen LogP contribution < -0.4 is 0 Å². The third kappa shape index (κ3) is 3.08. The predicted molar refractivity (Wildman–Crippen MR) is 66.7 cm³/mol. The minimum Gasteiger partial charge on any atom is -0.480 e. The highest BCUT2D eigenvalue weighted by molar-refractivity contribution is 7.88. The largest absolute Gasteiger partial charge is 0.480 e.